The van der Waals surface area contributed by atoms with Gasteiger partial charge in [0.25, 0.3) is 0 Å². The number of nitrogens with zero attached hydrogens (tertiary/aromatic N) is 3. The van der Waals surface area contributed by atoms with E-state index in [9.17, 15) is 5.11 Å². The molecular formula is C16H17N3O. The van der Waals surface area contributed by atoms with Crippen LogP contribution in [0.5, 0.6) is 0 Å². The highest BCUT2D eigenvalue weighted by Crippen LogP contribution is 2.26. The Morgan fingerprint density at radius 3 is 2.95 bits per heavy atom. The first kappa shape index (κ1) is 12.8. The van der Waals surface area contributed by atoms with E-state index in [-0.39, 0.29) is 0 Å². The van der Waals surface area contributed by atoms with Crippen molar-refractivity contribution in [1.82, 2.24) is 14.8 Å². The van der Waals surface area contributed by atoms with Gasteiger partial charge in [0.1, 0.15) is 6.10 Å². The number of hydrogen-bond acceptors (Lipinski definition) is 3. The molecule has 3 aromatic rings. The number of aromatic nitrogens is 3. The van der Waals surface area contributed by atoms with Crippen LogP contribution < -0.4 is 0 Å². The fourth-order valence-corrected chi connectivity index (χ4v) is 2.50. The van der Waals surface area contributed by atoms with Crippen LogP contribution >= 0.6 is 0 Å². The fraction of sp³-hybridized carbons (Fsp3) is 0.250. The Morgan fingerprint density at radius 2 is 2.15 bits per heavy atom. The Balaban J connectivity index is 2.05. The molecule has 102 valence electrons. The van der Waals surface area contributed by atoms with Gasteiger partial charge in [-0.25, -0.2) is 0 Å². The molecule has 1 N–H and O–H groups in total. The van der Waals surface area contributed by atoms with Gasteiger partial charge in [-0.2, -0.15) is 5.10 Å². The van der Waals surface area contributed by atoms with E-state index in [0.29, 0.717) is 0 Å². The van der Waals surface area contributed by atoms with Crippen LogP contribution in [0.1, 0.15) is 29.8 Å². The third-order valence-electron chi connectivity index (χ3n) is 3.51. The number of fused-ring (bicyclic) bond motifs is 1. The zero-order chi connectivity index (χ0) is 14.1. The summed E-state index contributed by atoms with van der Waals surface area (Å²) in [6.07, 6.45) is 3.82. The maximum Gasteiger partial charge on any atom is 0.107 e. The molecule has 20 heavy (non-hydrogen) atoms. The van der Waals surface area contributed by atoms with Gasteiger partial charge in [0, 0.05) is 30.4 Å². The smallest absolute Gasteiger partial charge is 0.107 e. The van der Waals surface area contributed by atoms with Gasteiger partial charge in [0.2, 0.25) is 0 Å². The molecule has 0 amide bonds. The summed E-state index contributed by atoms with van der Waals surface area (Å²) in [6.45, 7) is 2.04. The number of aliphatic hydroxyl groups is 1. The normalized spacial score (nSPS) is 12.8. The summed E-state index contributed by atoms with van der Waals surface area (Å²) in [5.74, 6) is 0. The quantitative estimate of drug-likeness (QED) is 0.793. The van der Waals surface area contributed by atoms with Gasteiger partial charge in [-0.1, -0.05) is 19.1 Å². The molecule has 0 saturated heterocycles. The standard InChI is InChI=1S/C16H17N3O/c1-3-14-13(10-19(2)18-14)16(20)12-6-7-15-11(9-12)5-4-8-17-15/h4-10,16,20H,3H2,1-2H3. The van der Waals surface area contributed by atoms with E-state index >= 15 is 0 Å². The van der Waals surface area contributed by atoms with Crippen molar-refractivity contribution in [3.05, 3.63) is 59.5 Å². The SMILES string of the molecule is CCc1nn(C)cc1C(O)c1ccc2ncccc2c1. The maximum absolute atomic E-state index is 10.6. The number of aliphatic hydroxyl groups excluding tert-OH is 1. The molecule has 0 aliphatic carbocycles. The first-order chi connectivity index (χ1) is 9.69. The van der Waals surface area contributed by atoms with Crippen molar-refractivity contribution in [2.24, 2.45) is 7.05 Å². The summed E-state index contributed by atoms with van der Waals surface area (Å²) in [7, 11) is 1.87. The summed E-state index contributed by atoms with van der Waals surface area (Å²) in [5, 5.41) is 16.0. The molecule has 3 rings (SSSR count). The lowest BCUT2D eigenvalue weighted by Gasteiger charge is -2.11. The van der Waals surface area contributed by atoms with E-state index in [4.69, 9.17) is 0 Å². The molecule has 0 spiro atoms. The zero-order valence-corrected chi connectivity index (χ0v) is 11.6. The fourth-order valence-electron chi connectivity index (χ4n) is 2.50. The lowest BCUT2D eigenvalue weighted by Crippen LogP contribution is -2.01. The predicted molar refractivity (Wildman–Crippen MR) is 78.4 cm³/mol. The topological polar surface area (TPSA) is 50.9 Å². The van der Waals surface area contributed by atoms with Gasteiger partial charge in [-0.15, -0.1) is 0 Å². The molecule has 0 aliphatic heterocycles. The average molecular weight is 267 g/mol. The average Bonchev–Trinajstić information content (AvgIpc) is 2.87. The zero-order valence-electron chi connectivity index (χ0n) is 11.6. The number of hydrogen-bond donors (Lipinski definition) is 1. The second kappa shape index (κ2) is 5.06. The lowest BCUT2D eigenvalue weighted by atomic mass is 9.99. The molecule has 2 heterocycles. The van der Waals surface area contributed by atoms with Crippen LogP contribution in [0, 0.1) is 0 Å². The number of pyridine rings is 1. The van der Waals surface area contributed by atoms with Gasteiger partial charge in [0.05, 0.1) is 11.2 Å². The van der Waals surface area contributed by atoms with E-state index in [0.717, 1.165) is 34.1 Å². The van der Waals surface area contributed by atoms with Crippen molar-refractivity contribution in [2.75, 3.05) is 0 Å². The summed E-state index contributed by atoms with van der Waals surface area (Å²) >= 11 is 0. The molecule has 1 aromatic carbocycles. The van der Waals surface area contributed by atoms with Crippen LogP contribution in [0.15, 0.2) is 42.7 Å². The van der Waals surface area contributed by atoms with Crippen molar-refractivity contribution in [2.45, 2.75) is 19.4 Å². The van der Waals surface area contributed by atoms with Crippen LogP contribution in [0.3, 0.4) is 0 Å². The van der Waals surface area contributed by atoms with Crippen LogP contribution in [0.2, 0.25) is 0 Å². The Hall–Kier alpha value is -2.20. The minimum atomic E-state index is -0.650. The third-order valence-corrected chi connectivity index (χ3v) is 3.51. The Labute approximate surface area is 117 Å². The minimum Gasteiger partial charge on any atom is -0.384 e. The molecule has 1 unspecified atom stereocenters. The van der Waals surface area contributed by atoms with Gasteiger partial charge in [-0.05, 0) is 30.2 Å². The highest BCUT2D eigenvalue weighted by molar-refractivity contribution is 5.79. The van der Waals surface area contributed by atoms with Crippen molar-refractivity contribution in [3.63, 3.8) is 0 Å². The Kier molecular flexibility index (Phi) is 3.24. The highest BCUT2D eigenvalue weighted by Gasteiger charge is 2.17. The third kappa shape index (κ3) is 2.18. The molecule has 2 aromatic heterocycles. The summed E-state index contributed by atoms with van der Waals surface area (Å²) < 4.78 is 1.75. The van der Waals surface area contributed by atoms with Crippen LogP contribution in [0.4, 0.5) is 0 Å². The summed E-state index contributed by atoms with van der Waals surface area (Å²) in [5.41, 5.74) is 3.61. The van der Waals surface area contributed by atoms with Gasteiger partial charge in [-0.3, -0.25) is 9.67 Å². The Bertz CT molecular complexity index is 748. The Morgan fingerprint density at radius 1 is 1.30 bits per heavy atom. The molecule has 1 atom stereocenters. The largest absolute Gasteiger partial charge is 0.384 e. The van der Waals surface area contributed by atoms with Crippen LogP contribution in [-0.2, 0) is 13.5 Å². The van der Waals surface area contributed by atoms with Crippen LogP contribution in [0.25, 0.3) is 10.9 Å². The lowest BCUT2D eigenvalue weighted by molar-refractivity contribution is 0.219. The molecule has 4 nitrogen and oxygen atoms in total. The second-order valence-corrected chi connectivity index (χ2v) is 4.92. The first-order valence-corrected chi connectivity index (χ1v) is 6.74. The van der Waals surface area contributed by atoms with Gasteiger partial charge < -0.3 is 5.11 Å². The van der Waals surface area contributed by atoms with Crippen molar-refractivity contribution < 1.29 is 5.11 Å². The maximum atomic E-state index is 10.6. The molecule has 0 aliphatic rings. The van der Waals surface area contributed by atoms with E-state index in [1.807, 2.05) is 50.5 Å². The van der Waals surface area contributed by atoms with Crippen molar-refractivity contribution in [3.8, 4) is 0 Å². The highest BCUT2D eigenvalue weighted by atomic mass is 16.3. The van der Waals surface area contributed by atoms with Gasteiger partial charge >= 0.3 is 0 Å². The minimum absolute atomic E-state index is 0.650. The van der Waals surface area contributed by atoms with Gasteiger partial charge in [0.15, 0.2) is 0 Å². The first-order valence-electron chi connectivity index (χ1n) is 6.74. The second-order valence-electron chi connectivity index (χ2n) is 4.92. The summed E-state index contributed by atoms with van der Waals surface area (Å²) in [4.78, 5) is 4.29. The predicted octanol–water partition coefficient (Wildman–Crippen LogP) is 2.61. The molecule has 0 fully saturated rings. The van der Waals surface area contributed by atoms with E-state index in [2.05, 4.69) is 10.1 Å². The van der Waals surface area contributed by atoms with Crippen molar-refractivity contribution >= 4 is 10.9 Å². The monoisotopic (exact) mass is 267 g/mol. The molecule has 0 saturated carbocycles. The molecule has 4 heteroatoms. The number of rotatable bonds is 3. The van der Waals surface area contributed by atoms with Crippen molar-refractivity contribution in [1.29, 1.82) is 0 Å². The van der Waals surface area contributed by atoms with E-state index in [1.54, 1.807) is 10.9 Å². The number of benzene rings is 1. The summed E-state index contributed by atoms with van der Waals surface area (Å²) in [6, 6.07) is 9.75. The van der Waals surface area contributed by atoms with E-state index in [1.165, 1.54) is 0 Å². The molecular weight excluding hydrogens is 250 g/mol. The molecule has 0 radical (unpaired) electrons. The van der Waals surface area contributed by atoms with E-state index < -0.39 is 6.10 Å². The molecule has 0 bridgehead atoms. The van der Waals surface area contributed by atoms with Crippen LogP contribution in [-0.4, -0.2) is 19.9 Å². The number of aryl methyl sites for hydroxylation is 2.